The van der Waals surface area contributed by atoms with Crippen LogP contribution in [0.2, 0.25) is 0 Å². The summed E-state index contributed by atoms with van der Waals surface area (Å²) >= 11 is 6.49. The number of carbonyl (C=O) groups is 3. The zero-order valence-electron chi connectivity index (χ0n) is 18.0. The molecule has 10 nitrogen and oxygen atoms in total. The molecule has 176 valence electrons. The van der Waals surface area contributed by atoms with Gasteiger partial charge < -0.3 is 4.74 Å². The number of carbonyl (C=O) groups excluding carboxylic acids is 3. The van der Waals surface area contributed by atoms with Crippen LogP contribution in [-0.4, -0.2) is 45.5 Å². The number of ether oxygens (including phenoxy) is 1. The second kappa shape index (κ2) is 11.4. The zero-order chi connectivity index (χ0) is 24.7. The highest BCUT2D eigenvalue weighted by atomic mass is 32.2. The topological polar surface area (TPSA) is 131 Å². The average Bonchev–Trinajstić information content (AvgIpc) is 3.09. The molecule has 1 saturated heterocycles. The summed E-state index contributed by atoms with van der Waals surface area (Å²) in [5.74, 6) is -0.724. The van der Waals surface area contributed by atoms with Gasteiger partial charge >= 0.3 is 0 Å². The monoisotopic (exact) mass is 500 g/mol. The molecular weight excluding hydrogens is 480 g/mol. The summed E-state index contributed by atoms with van der Waals surface area (Å²) in [6.07, 6.45) is 2.08. The van der Waals surface area contributed by atoms with Gasteiger partial charge in [-0.15, -0.1) is 0 Å². The van der Waals surface area contributed by atoms with E-state index in [1.165, 1.54) is 34.9 Å². The number of rotatable bonds is 8. The number of hydrazine groups is 1. The average molecular weight is 501 g/mol. The minimum Gasteiger partial charge on any atom is -0.497 e. The third-order valence-electron chi connectivity index (χ3n) is 4.69. The number of methoxy groups -OCH3 is 1. The van der Waals surface area contributed by atoms with Gasteiger partial charge in [0.1, 0.15) is 10.1 Å². The normalized spacial score (nSPS) is 14.3. The van der Waals surface area contributed by atoms with Gasteiger partial charge in [0, 0.05) is 30.7 Å². The smallest absolute Gasteiger partial charge is 0.270 e. The molecule has 0 aliphatic carbocycles. The fourth-order valence-corrected chi connectivity index (χ4v) is 4.30. The predicted octanol–water partition coefficient (Wildman–Crippen LogP) is 3.05. The quantitative estimate of drug-likeness (QED) is 0.245. The van der Waals surface area contributed by atoms with Crippen molar-refractivity contribution in [3.8, 4) is 5.75 Å². The lowest BCUT2D eigenvalue weighted by Gasteiger charge is -2.14. The molecule has 1 aliphatic heterocycles. The molecule has 2 aromatic rings. The van der Waals surface area contributed by atoms with Crippen LogP contribution in [0.25, 0.3) is 6.08 Å². The Bertz CT molecular complexity index is 1180. The first-order chi connectivity index (χ1) is 16.3. The lowest BCUT2D eigenvalue weighted by atomic mass is 10.2. The van der Waals surface area contributed by atoms with E-state index in [0.717, 1.165) is 11.6 Å². The van der Waals surface area contributed by atoms with Crippen LogP contribution in [0.5, 0.6) is 5.75 Å². The third-order valence-corrected chi connectivity index (χ3v) is 6.06. The molecule has 34 heavy (non-hydrogen) atoms. The van der Waals surface area contributed by atoms with E-state index < -0.39 is 16.7 Å². The number of nitrogens with zero attached hydrogens (tertiary/aromatic N) is 2. The standard InChI is InChI=1S/C22H20N4O6S2/c1-32-17-8-2-5-14(11-17)12-18-21(29)25(22(33)34-18)10-4-9-19(27)23-24-20(28)15-6-3-7-16(13-15)26(30)31/h2-3,5-8,11-13H,4,9-10H2,1H3,(H,23,27)(H,24,28)/b18-12+. The van der Waals surface area contributed by atoms with Crippen molar-refractivity contribution in [2.45, 2.75) is 12.8 Å². The number of non-ortho nitro benzene ring substituents is 1. The molecule has 2 N–H and O–H groups in total. The molecular formula is C22H20N4O6S2. The van der Waals surface area contributed by atoms with Gasteiger partial charge in [0.05, 0.1) is 16.9 Å². The Labute approximate surface area is 204 Å². The molecule has 0 saturated carbocycles. The minimum atomic E-state index is -0.684. The molecule has 0 bridgehead atoms. The van der Waals surface area contributed by atoms with Gasteiger partial charge in [-0.3, -0.25) is 40.2 Å². The second-order valence-corrected chi connectivity index (χ2v) is 8.70. The van der Waals surface area contributed by atoms with E-state index in [1.807, 2.05) is 12.1 Å². The predicted molar refractivity (Wildman–Crippen MR) is 131 cm³/mol. The number of hydrogen-bond acceptors (Lipinski definition) is 8. The second-order valence-electron chi connectivity index (χ2n) is 7.02. The van der Waals surface area contributed by atoms with Gasteiger partial charge in [-0.25, -0.2) is 0 Å². The van der Waals surface area contributed by atoms with Gasteiger partial charge in [0.15, 0.2) is 0 Å². The summed E-state index contributed by atoms with van der Waals surface area (Å²) in [6, 6.07) is 12.4. The van der Waals surface area contributed by atoms with Crippen LogP contribution >= 0.6 is 24.0 Å². The van der Waals surface area contributed by atoms with E-state index in [-0.39, 0.29) is 30.1 Å². The summed E-state index contributed by atoms with van der Waals surface area (Å²) in [6.45, 7) is 0.242. The number of nitro groups is 1. The first-order valence-corrected chi connectivity index (χ1v) is 11.2. The Balaban J connectivity index is 1.47. The minimum absolute atomic E-state index is 0.0290. The van der Waals surface area contributed by atoms with Gasteiger partial charge in [-0.2, -0.15) is 0 Å². The van der Waals surface area contributed by atoms with Crippen molar-refractivity contribution < 1.29 is 24.0 Å². The Morgan fingerprint density at radius 1 is 1.21 bits per heavy atom. The maximum absolute atomic E-state index is 12.7. The summed E-state index contributed by atoms with van der Waals surface area (Å²) in [7, 11) is 1.56. The molecule has 3 rings (SSSR count). The van der Waals surface area contributed by atoms with E-state index >= 15 is 0 Å². The molecule has 0 unspecified atom stereocenters. The van der Waals surface area contributed by atoms with Crippen LogP contribution in [-0.2, 0) is 9.59 Å². The summed E-state index contributed by atoms with van der Waals surface area (Å²) in [4.78, 5) is 49.0. The summed E-state index contributed by atoms with van der Waals surface area (Å²) in [5, 5.41) is 10.8. The fourth-order valence-electron chi connectivity index (χ4n) is 3.00. The largest absolute Gasteiger partial charge is 0.497 e. The van der Waals surface area contributed by atoms with Crippen molar-refractivity contribution in [2.75, 3.05) is 13.7 Å². The van der Waals surface area contributed by atoms with Crippen molar-refractivity contribution in [3.63, 3.8) is 0 Å². The Kier molecular flexibility index (Phi) is 8.33. The van der Waals surface area contributed by atoms with Gasteiger partial charge in [-0.1, -0.05) is 42.2 Å². The highest BCUT2D eigenvalue weighted by Gasteiger charge is 2.31. The maximum Gasteiger partial charge on any atom is 0.270 e. The van der Waals surface area contributed by atoms with E-state index in [9.17, 15) is 24.5 Å². The van der Waals surface area contributed by atoms with Crippen LogP contribution in [0.3, 0.4) is 0 Å². The van der Waals surface area contributed by atoms with E-state index in [1.54, 1.807) is 25.3 Å². The third kappa shape index (κ3) is 6.39. The number of amides is 3. The Morgan fingerprint density at radius 3 is 2.71 bits per heavy atom. The van der Waals surface area contributed by atoms with Crippen molar-refractivity contribution >= 4 is 57.8 Å². The van der Waals surface area contributed by atoms with Gasteiger partial charge in [0.25, 0.3) is 17.5 Å². The first kappa shape index (κ1) is 24.9. The van der Waals surface area contributed by atoms with Crippen molar-refractivity contribution in [2.24, 2.45) is 0 Å². The molecule has 12 heteroatoms. The number of nitro benzene ring substituents is 1. The molecule has 0 radical (unpaired) electrons. The van der Waals surface area contributed by atoms with Gasteiger partial charge in [0.2, 0.25) is 5.91 Å². The number of nitrogens with one attached hydrogen (secondary N) is 2. The van der Waals surface area contributed by atoms with Crippen molar-refractivity contribution in [3.05, 3.63) is 74.7 Å². The van der Waals surface area contributed by atoms with E-state index in [0.29, 0.717) is 21.4 Å². The van der Waals surface area contributed by atoms with E-state index in [2.05, 4.69) is 10.9 Å². The molecule has 2 aromatic carbocycles. The number of thioether (sulfide) groups is 1. The van der Waals surface area contributed by atoms with Crippen LogP contribution in [0.4, 0.5) is 5.69 Å². The fraction of sp³-hybridized carbons (Fsp3) is 0.182. The number of benzene rings is 2. The number of hydrogen-bond donors (Lipinski definition) is 2. The molecule has 1 heterocycles. The number of thiocarbonyl (C=S) groups is 1. The summed E-state index contributed by atoms with van der Waals surface area (Å²) < 4.78 is 5.59. The molecule has 0 spiro atoms. The van der Waals surface area contributed by atoms with Crippen molar-refractivity contribution in [1.82, 2.24) is 15.8 Å². The van der Waals surface area contributed by atoms with Crippen LogP contribution in [0, 0.1) is 10.1 Å². The molecule has 0 atom stereocenters. The SMILES string of the molecule is COc1cccc(/C=C2/SC(=S)N(CCCC(=O)NNC(=O)c3cccc([N+](=O)[O-])c3)C2=O)c1. The van der Waals surface area contributed by atoms with Crippen LogP contribution in [0.15, 0.2) is 53.4 Å². The lowest BCUT2D eigenvalue weighted by molar-refractivity contribution is -0.384. The summed E-state index contributed by atoms with van der Waals surface area (Å²) in [5.41, 5.74) is 5.08. The molecule has 1 fully saturated rings. The maximum atomic E-state index is 12.7. The highest BCUT2D eigenvalue weighted by Crippen LogP contribution is 2.33. The van der Waals surface area contributed by atoms with Crippen molar-refractivity contribution in [1.29, 1.82) is 0 Å². The van der Waals surface area contributed by atoms with Crippen LogP contribution < -0.4 is 15.6 Å². The molecule has 1 aliphatic rings. The van der Waals surface area contributed by atoms with Gasteiger partial charge in [-0.05, 0) is 36.3 Å². The lowest BCUT2D eigenvalue weighted by Crippen LogP contribution is -2.41. The first-order valence-electron chi connectivity index (χ1n) is 10.0. The molecule has 0 aromatic heterocycles. The Morgan fingerprint density at radius 2 is 1.97 bits per heavy atom. The highest BCUT2D eigenvalue weighted by molar-refractivity contribution is 8.26. The van der Waals surface area contributed by atoms with Crippen LogP contribution in [0.1, 0.15) is 28.8 Å². The van der Waals surface area contributed by atoms with E-state index in [4.69, 9.17) is 17.0 Å². The zero-order valence-corrected chi connectivity index (χ0v) is 19.6. The molecule has 3 amide bonds. The Hall–Kier alpha value is -3.77.